The van der Waals surface area contributed by atoms with Crippen molar-refractivity contribution in [3.05, 3.63) is 87.0 Å². The Morgan fingerprint density at radius 3 is 2.58 bits per heavy atom. The van der Waals surface area contributed by atoms with Gasteiger partial charge in [-0.3, -0.25) is 0 Å². The van der Waals surface area contributed by atoms with Gasteiger partial charge in [0.25, 0.3) is 0 Å². The predicted octanol–water partition coefficient (Wildman–Crippen LogP) is 6.74. The molecule has 0 saturated heterocycles. The van der Waals surface area contributed by atoms with Gasteiger partial charge in [0.05, 0.1) is 11.2 Å². The Hall–Kier alpha value is -1.72. The quantitative estimate of drug-likeness (QED) is 0.325. The lowest BCUT2D eigenvalue weighted by atomic mass is 10.2. The van der Waals surface area contributed by atoms with Crippen LogP contribution in [0.5, 0.6) is 0 Å². The first kappa shape index (κ1) is 19.1. The highest BCUT2D eigenvalue weighted by atomic mass is 35.5. The molecule has 1 heterocycles. The first-order valence-corrected chi connectivity index (χ1v) is 9.54. The molecule has 0 aliphatic carbocycles. The maximum Gasteiger partial charge on any atom is 0.143 e. The van der Waals surface area contributed by atoms with Crippen molar-refractivity contribution in [1.29, 1.82) is 0 Å². The zero-order valence-electron chi connectivity index (χ0n) is 13.4. The van der Waals surface area contributed by atoms with Gasteiger partial charge in [-0.15, -0.1) is 0 Å². The highest BCUT2D eigenvalue weighted by Gasteiger charge is 2.03. The zero-order valence-corrected chi connectivity index (χ0v) is 16.5. The van der Waals surface area contributed by atoms with Crippen molar-refractivity contribution in [3.8, 4) is 0 Å². The van der Waals surface area contributed by atoms with Crippen molar-refractivity contribution in [1.82, 2.24) is 4.98 Å². The minimum Gasteiger partial charge on any atom is -0.391 e. The number of rotatable bonds is 6. The van der Waals surface area contributed by atoms with Crippen LogP contribution in [0.3, 0.4) is 0 Å². The van der Waals surface area contributed by atoms with E-state index < -0.39 is 0 Å². The lowest BCUT2D eigenvalue weighted by molar-refractivity contribution is 0.132. The van der Waals surface area contributed by atoms with Gasteiger partial charge in [0.1, 0.15) is 11.6 Å². The monoisotopic (exact) mass is 422 g/mol. The van der Waals surface area contributed by atoms with E-state index in [-0.39, 0.29) is 6.61 Å². The highest BCUT2D eigenvalue weighted by Crippen LogP contribution is 2.31. The first-order chi connectivity index (χ1) is 12.6. The summed E-state index contributed by atoms with van der Waals surface area (Å²) in [6.07, 6.45) is 3.32. The van der Waals surface area contributed by atoms with Crippen molar-refractivity contribution in [2.45, 2.75) is 16.5 Å². The number of hydrogen-bond acceptors (Lipinski definition) is 4. The Morgan fingerprint density at radius 2 is 1.85 bits per heavy atom. The van der Waals surface area contributed by atoms with Gasteiger partial charge in [0.15, 0.2) is 0 Å². The predicted molar refractivity (Wildman–Crippen MR) is 109 cm³/mol. The average Bonchev–Trinajstić information content (AvgIpc) is 2.63. The van der Waals surface area contributed by atoms with Crippen LogP contribution >= 0.6 is 46.6 Å². The van der Waals surface area contributed by atoms with E-state index in [0.717, 1.165) is 21.0 Å². The summed E-state index contributed by atoms with van der Waals surface area (Å²) in [6.45, 7) is 0.264. The van der Waals surface area contributed by atoms with Gasteiger partial charge in [-0.1, -0.05) is 69.9 Å². The average molecular weight is 424 g/mol. The van der Waals surface area contributed by atoms with Gasteiger partial charge in [0, 0.05) is 32.3 Å². The molecule has 0 unspecified atom stereocenters. The summed E-state index contributed by atoms with van der Waals surface area (Å²) in [5, 5.41) is 6.64. The molecule has 3 nitrogen and oxygen atoms in total. The molecule has 3 rings (SSSR count). The molecular formula is C19H13Cl3N2OS. The molecule has 0 bridgehead atoms. The number of pyridine rings is 1. The van der Waals surface area contributed by atoms with Crippen LogP contribution in [0, 0.1) is 0 Å². The molecule has 0 spiro atoms. The maximum absolute atomic E-state index is 6.16. The van der Waals surface area contributed by atoms with E-state index >= 15 is 0 Å². The van der Waals surface area contributed by atoms with E-state index in [2.05, 4.69) is 10.1 Å². The minimum atomic E-state index is 0.264. The molecule has 26 heavy (non-hydrogen) atoms. The van der Waals surface area contributed by atoms with E-state index in [1.807, 2.05) is 42.5 Å². The molecule has 0 fully saturated rings. The lowest BCUT2D eigenvalue weighted by Crippen LogP contribution is -1.90. The Labute approximate surface area is 170 Å². The Balaban J connectivity index is 1.55. The summed E-state index contributed by atoms with van der Waals surface area (Å²) in [6, 6.07) is 16.7. The number of nitrogens with zero attached hydrogens (tertiary/aromatic N) is 2. The maximum atomic E-state index is 6.16. The normalized spacial score (nSPS) is 11.0. The van der Waals surface area contributed by atoms with Gasteiger partial charge in [-0.05, 0) is 36.4 Å². The Morgan fingerprint density at radius 1 is 1.00 bits per heavy atom. The summed E-state index contributed by atoms with van der Waals surface area (Å²) >= 11 is 19.6. The van der Waals surface area contributed by atoms with Crippen LogP contribution in [-0.2, 0) is 11.4 Å². The molecule has 132 valence electrons. The summed E-state index contributed by atoms with van der Waals surface area (Å²) < 4.78 is 0. The molecule has 0 amide bonds. The van der Waals surface area contributed by atoms with Crippen molar-refractivity contribution in [3.63, 3.8) is 0 Å². The van der Waals surface area contributed by atoms with Crippen LogP contribution in [0.25, 0.3) is 0 Å². The summed E-state index contributed by atoms with van der Waals surface area (Å²) in [5.74, 6) is 0. The number of halogens is 3. The topological polar surface area (TPSA) is 34.5 Å². The molecule has 0 N–H and O–H groups in total. The van der Waals surface area contributed by atoms with Crippen LogP contribution in [0.15, 0.2) is 75.9 Å². The largest absolute Gasteiger partial charge is 0.391 e. The fraction of sp³-hybridized carbons (Fsp3) is 0.0526. The van der Waals surface area contributed by atoms with E-state index in [0.29, 0.717) is 15.1 Å². The first-order valence-electron chi connectivity index (χ1n) is 7.59. The molecular weight excluding hydrogens is 411 g/mol. The van der Waals surface area contributed by atoms with E-state index in [1.165, 1.54) is 11.8 Å². The fourth-order valence-electron chi connectivity index (χ4n) is 2.01. The third kappa shape index (κ3) is 5.39. The second-order valence-electron chi connectivity index (χ2n) is 5.21. The van der Waals surface area contributed by atoms with Crippen molar-refractivity contribution < 1.29 is 4.84 Å². The Bertz CT molecular complexity index is 917. The smallest absolute Gasteiger partial charge is 0.143 e. The molecule has 3 aromatic rings. The molecule has 1 aromatic heterocycles. The number of aromatic nitrogens is 1. The zero-order chi connectivity index (χ0) is 18.4. The van der Waals surface area contributed by atoms with Gasteiger partial charge in [-0.2, -0.15) is 0 Å². The van der Waals surface area contributed by atoms with Crippen LogP contribution in [-0.4, -0.2) is 11.2 Å². The van der Waals surface area contributed by atoms with Gasteiger partial charge < -0.3 is 4.84 Å². The number of hydrogen-bond donors (Lipinski definition) is 0. The number of benzene rings is 2. The van der Waals surface area contributed by atoms with Crippen LogP contribution in [0.4, 0.5) is 0 Å². The van der Waals surface area contributed by atoms with Gasteiger partial charge in [-0.25, -0.2) is 4.98 Å². The second-order valence-corrected chi connectivity index (χ2v) is 7.52. The van der Waals surface area contributed by atoms with Gasteiger partial charge in [0.2, 0.25) is 0 Å². The van der Waals surface area contributed by atoms with Crippen LogP contribution in [0.2, 0.25) is 15.1 Å². The molecule has 7 heteroatoms. The SMILES string of the molecule is Clc1ccc(CO/N=C/c2ccc(Sc3ccccc3Cl)nc2)c(Cl)c1. The van der Waals surface area contributed by atoms with E-state index in [1.54, 1.807) is 24.5 Å². The highest BCUT2D eigenvalue weighted by molar-refractivity contribution is 7.99. The summed E-state index contributed by atoms with van der Waals surface area (Å²) in [5.41, 5.74) is 1.65. The fourth-order valence-corrected chi connectivity index (χ4v) is 3.51. The molecule has 2 aromatic carbocycles. The van der Waals surface area contributed by atoms with Crippen molar-refractivity contribution in [2.75, 3.05) is 0 Å². The summed E-state index contributed by atoms with van der Waals surface area (Å²) in [4.78, 5) is 10.6. The Kier molecular flexibility index (Phi) is 6.80. The minimum absolute atomic E-state index is 0.264. The third-order valence-corrected chi connectivity index (χ3v) is 5.38. The van der Waals surface area contributed by atoms with Gasteiger partial charge >= 0.3 is 0 Å². The van der Waals surface area contributed by atoms with Crippen molar-refractivity contribution in [2.24, 2.45) is 5.16 Å². The lowest BCUT2D eigenvalue weighted by Gasteiger charge is -2.04. The standard InChI is InChI=1S/C19H13Cl3N2OS/c20-15-7-6-14(17(22)9-15)12-25-24-11-13-5-8-19(23-10-13)26-18-4-2-1-3-16(18)21/h1-11H,12H2/b24-11+. The summed E-state index contributed by atoms with van der Waals surface area (Å²) in [7, 11) is 0. The molecule has 0 aliphatic heterocycles. The van der Waals surface area contributed by atoms with Crippen LogP contribution in [0.1, 0.15) is 11.1 Å². The van der Waals surface area contributed by atoms with Crippen LogP contribution < -0.4 is 0 Å². The number of oxime groups is 1. The molecule has 0 aliphatic rings. The molecule has 0 atom stereocenters. The molecule has 0 radical (unpaired) electrons. The molecule has 0 saturated carbocycles. The van der Waals surface area contributed by atoms with E-state index in [4.69, 9.17) is 39.6 Å². The van der Waals surface area contributed by atoms with Crippen molar-refractivity contribution >= 4 is 52.8 Å². The third-order valence-electron chi connectivity index (χ3n) is 3.32. The second kappa shape index (κ2) is 9.28. The van der Waals surface area contributed by atoms with E-state index in [9.17, 15) is 0 Å².